The summed E-state index contributed by atoms with van der Waals surface area (Å²) in [6, 6.07) is 4.91. The van der Waals surface area contributed by atoms with Gasteiger partial charge >= 0.3 is 11.9 Å². The number of rotatable bonds is 3. The van der Waals surface area contributed by atoms with Crippen molar-refractivity contribution >= 4 is 34.9 Å². The molecule has 0 amide bonds. The third kappa shape index (κ3) is 2.68. The number of hydrogen-bond acceptors (Lipinski definition) is 5. The van der Waals surface area contributed by atoms with Gasteiger partial charge in [0.15, 0.2) is 5.12 Å². The molecule has 1 aliphatic rings. The molecule has 1 heterocycles. The molecule has 0 aromatic heterocycles. The summed E-state index contributed by atoms with van der Waals surface area (Å²) >= 11 is 1.21. The SMILES string of the molecule is CC(=O)SCC=Cc1ccc2c(c1)C(=O)OC2=O. The molecule has 4 nitrogen and oxygen atoms in total. The molecule has 0 atom stereocenters. The van der Waals surface area contributed by atoms with Crippen molar-refractivity contribution in [3.63, 3.8) is 0 Å². The highest BCUT2D eigenvalue weighted by atomic mass is 32.2. The van der Waals surface area contributed by atoms with E-state index in [1.807, 2.05) is 6.08 Å². The first-order valence-electron chi connectivity index (χ1n) is 5.28. The Hall–Kier alpha value is -1.88. The van der Waals surface area contributed by atoms with Crippen molar-refractivity contribution in [2.45, 2.75) is 6.92 Å². The van der Waals surface area contributed by atoms with Gasteiger partial charge in [-0.05, 0) is 17.7 Å². The van der Waals surface area contributed by atoms with Gasteiger partial charge in [0.1, 0.15) is 0 Å². The van der Waals surface area contributed by atoms with Crippen molar-refractivity contribution in [2.75, 3.05) is 5.75 Å². The van der Waals surface area contributed by atoms with Crippen molar-refractivity contribution in [3.05, 3.63) is 41.0 Å². The van der Waals surface area contributed by atoms with Gasteiger partial charge in [-0.2, -0.15) is 0 Å². The summed E-state index contributed by atoms with van der Waals surface area (Å²) in [5.41, 5.74) is 1.39. The molecule has 18 heavy (non-hydrogen) atoms. The van der Waals surface area contributed by atoms with Crippen molar-refractivity contribution in [1.29, 1.82) is 0 Å². The van der Waals surface area contributed by atoms with Crippen LogP contribution in [0.4, 0.5) is 0 Å². The van der Waals surface area contributed by atoms with Crippen molar-refractivity contribution in [1.82, 2.24) is 0 Å². The van der Waals surface area contributed by atoms with Crippen LogP contribution >= 0.6 is 11.8 Å². The second-order valence-electron chi connectivity index (χ2n) is 3.69. The van der Waals surface area contributed by atoms with Gasteiger partial charge in [-0.15, -0.1) is 0 Å². The van der Waals surface area contributed by atoms with E-state index >= 15 is 0 Å². The highest BCUT2D eigenvalue weighted by Gasteiger charge is 2.29. The minimum atomic E-state index is -0.608. The molecule has 0 radical (unpaired) electrons. The van der Waals surface area contributed by atoms with E-state index in [0.717, 1.165) is 5.56 Å². The van der Waals surface area contributed by atoms with Crippen LogP contribution in [0.15, 0.2) is 24.3 Å². The van der Waals surface area contributed by atoms with Crippen LogP contribution < -0.4 is 0 Å². The van der Waals surface area contributed by atoms with Gasteiger partial charge in [0.25, 0.3) is 0 Å². The molecule has 0 spiro atoms. The van der Waals surface area contributed by atoms with Crippen LogP contribution in [0, 0.1) is 0 Å². The topological polar surface area (TPSA) is 60.4 Å². The van der Waals surface area contributed by atoms with Crippen LogP contribution in [0.1, 0.15) is 33.2 Å². The lowest BCUT2D eigenvalue weighted by Crippen LogP contribution is -1.96. The summed E-state index contributed by atoms with van der Waals surface area (Å²) in [6.07, 6.45) is 3.63. The van der Waals surface area contributed by atoms with E-state index < -0.39 is 11.9 Å². The number of hydrogen-bond donors (Lipinski definition) is 0. The molecular weight excluding hydrogens is 252 g/mol. The van der Waals surface area contributed by atoms with Gasteiger partial charge in [-0.25, -0.2) is 9.59 Å². The lowest BCUT2D eigenvalue weighted by atomic mass is 10.1. The smallest absolute Gasteiger partial charge is 0.346 e. The van der Waals surface area contributed by atoms with Crippen LogP contribution in [-0.4, -0.2) is 22.8 Å². The second-order valence-corrected chi connectivity index (χ2v) is 4.88. The summed E-state index contributed by atoms with van der Waals surface area (Å²) in [7, 11) is 0. The van der Waals surface area contributed by atoms with Crippen molar-refractivity contribution in [2.24, 2.45) is 0 Å². The molecule has 1 aliphatic heterocycles. The molecule has 0 N–H and O–H groups in total. The van der Waals surface area contributed by atoms with Gasteiger partial charge in [0, 0.05) is 12.7 Å². The summed E-state index contributed by atoms with van der Waals surface area (Å²) < 4.78 is 4.49. The molecule has 0 aliphatic carbocycles. The minimum Gasteiger partial charge on any atom is -0.386 e. The maximum Gasteiger partial charge on any atom is 0.346 e. The zero-order chi connectivity index (χ0) is 13.1. The number of carbonyl (C=O) groups is 3. The molecular formula is C13H10O4S. The Morgan fingerprint density at radius 3 is 2.72 bits per heavy atom. The average molecular weight is 262 g/mol. The Morgan fingerprint density at radius 2 is 2.00 bits per heavy atom. The Kier molecular flexibility index (Phi) is 3.62. The highest BCUT2D eigenvalue weighted by Crippen LogP contribution is 2.21. The first-order chi connectivity index (χ1) is 8.58. The maximum atomic E-state index is 11.3. The number of carbonyl (C=O) groups excluding carboxylic acids is 3. The van der Waals surface area contributed by atoms with E-state index in [9.17, 15) is 14.4 Å². The van der Waals surface area contributed by atoms with Crippen molar-refractivity contribution in [3.8, 4) is 0 Å². The molecule has 5 heteroatoms. The molecule has 0 unspecified atom stereocenters. The average Bonchev–Trinajstić information content (AvgIpc) is 2.60. The lowest BCUT2D eigenvalue weighted by Gasteiger charge is -1.96. The third-order valence-corrected chi connectivity index (χ3v) is 3.13. The molecule has 1 aromatic carbocycles. The molecule has 2 rings (SSSR count). The van der Waals surface area contributed by atoms with Gasteiger partial charge in [0.05, 0.1) is 11.1 Å². The fourth-order valence-corrected chi connectivity index (χ4v) is 1.98. The second kappa shape index (κ2) is 5.18. The summed E-state index contributed by atoms with van der Waals surface area (Å²) in [5.74, 6) is -0.628. The summed E-state index contributed by atoms with van der Waals surface area (Å²) in [6.45, 7) is 1.51. The van der Waals surface area contributed by atoms with E-state index in [-0.39, 0.29) is 5.12 Å². The van der Waals surface area contributed by atoms with Gasteiger partial charge in [0.2, 0.25) is 0 Å². The van der Waals surface area contributed by atoms with E-state index in [1.165, 1.54) is 18.7 Å². The number of ether oxygens (including phenoxy) is 1. The minimum absolute atomic E-state index is 0.0581. The van der Waals surface area contributed by atoms with Crippen LogP contribution in [0.5, 0.6) is 0 Å². The molecule has 0 saturated carbocycles. The van der Waals surface area contributed by atoms with E-state index in [4.69, 9.17) is 0 Å². The van der Waals surface area contributed by atoms with E-state index in [1.54, 1.807) is 24.3 Å². The first-order valence-corrected chi connectivity index (χ1v) is 6.27. The monoisotopic (exact) mass is 262 g/mol. The van der Waals surface area contributed by atoms with E-state index in [2.05, 4.69) is 4.74 Å². The van der Waals surface area contributed by atoms with Crippen LogP contribution in [0.3, 0.4) is 0 Å². The summed E-state index contributed by atoms with van der Waals surface area (Å²) in [5, 5.41) is 0.0581. The van der Waals surface area contributed by atoms with E-state index in [0.29, 0.717) is 16.9 Å². The number of esters is 2. The first kappa shape index (κ1) is 12.6. The normalized spacial score (nSPS) is 13.8. The largest absolute Gasteiger partial charge is 0.386 e. The fourth-order valence-electron chi connectivity index (χ4n) is 1.56. The molecule has 1 aromatic rings. The predicted octanol–water partition coefficient (Wildman–Crippen LogP) is 2.29. The Labute approximate surface area is 108 Å². The van der Waals surface area contributed by atoms with Gasteiger partial charge in [-0.3, -0.25) is 4.79 Å². The van der Waals surface area contributed by atoms with Crippen LogP contribution in [-0.2, 0) is 9.53 Å². The number of benzene rings is 1. The third-order valence-electron chi connectivity index (χ3n) is 2.36. The van der Waals surface area contributed by atoms with Crippen LogP contribution in [0.25, 0.3) is 6.08 Å². The van der Waals surface area contributed by atoms with Crippen molar-refractivity contribution < 1.29 is 19.1 Å². The fraction of sp³-hybridized carbons (Fsp3) is 0.154. The number of cyclic esters (lactones) is 2. The van der Waals surface area contributed by atoms with Crippen LogP contribution in [0.2, 0.25) is 0 Å². The highest BCUT2D eigenvalue weighted by molar-refractivity contribution is 8.13. The Balaban J connectivity index is 2.13. The predicted molar refractivity (Wildman–Crippen MR) is 68.4 cm³/mol. The number of thioether (sulfide) groups is 1. The number of fused-ring (bicyclic) bond motifs is 1. The van der Waals surface area contributed by atoms with Gasteiger partial charge < -0.3 is 4.74 Å². The zero-order valence-electron chi connectivity index (χ0n) is 9.64. The molecule has 0 saturated heterocycles. The summed E-state index contributed by atoms with van der Waals surface area (Å²) in [4.78, 5) is 33.3. The molecule has 0 fully saturated rings. The Bertz CT molecular complexity index is 560. The lowest BCUT2D eigenvalue weighted by molar-refractivity contribution is -0.109. The molecule has 92 valence electrons. The Morgan fingerprint density at radius 1 is 1.28 bits per heavy atom. The maximum absolute atomic E-state index is 11.3. The van der Waals surface area contributed by atoms with Gasteiger partial charge in [-0.1, -0.05) is 30.0 Å². The standard InChI is InChI=1S/C13H10O4S/c1-8(14)18-6-2-3-9-4-5-10-11(7-9)13(16)17-12(10)15/h2-5,7H,6H2,1H3. The zero-order valence-corrected chi connectivity index (χ0v) is 10.5. The quantitative estimate of drug-likeness (QED) is 0.618. The molecule has 0 bridgehead atoms.